The third-order valence-corrected chi connectivity index (χ3v) is 5.12. The van der Waals surface area contributed by atoms with Gasteiger partial charge in [-0.15, -0.1) is 11.3 Å². The minimum atomic E-state index is -0.0505. The van der Waals surface area contributed by atoms with Crippen LogP contribution >= 0.6 is 11.3 Å². The number of amides is 1. The van der Waals surface area contributed by atoms with Gasteiger partial charge in [0.05, 0.1) is 10.7 Å². The smallest absolute Gasteiger partial charge is 0.251 e. The van der Waals surface area contributed by atoms with E-state index in [-0.39, 0.29) is 11.9 Å². The highest BCUT2D eigenvalue weighted by atomic mass is 32.1. The van der Waals surface area contributed by atoms with Crippen LogP contribution in [-0.4, -0.2) is 30.0 Å². The molecular weight excluding hydrogens is 322 g/mol. The molecule has 2 heterocycles. The lowest BCUT2D eigenvalue weighted by molar-refractivity contribution is 0.0914. The maximum atomic E-state index is 12.5. The first-order chi connectivity index (χ1) is 11.6. The third-order valence-electron chi connectivity index (χ3n) is 4.29. The molecule has 3 rings (SSSR count). The fourth-order valence-electron chi connectivity index (χ4n) is 2.79. The van der Waals surface area contributed by atoms with Crippen molar-refractivity contribution in [2.75, 3.05) is 13.1 Å². The van der Waals surface area contributed by atoms with Gasteiger partial charge in [-0.05, 0) is 44.0 Å². The summed E-state index contributed by atoms with van der Waals surface area (Å²) in [6.07, 6.45) is 1.08. The lowest BCUT2D eigenvalue weighted by Gasteiger charge is -2.30. The number of nitrogens with zero attached hydrogens (tertiary/aromatic N) is 1. The standard InChI is InChI=1S/C18H23N3O2S/c1-12-6-7-19-9-17(12)21-18(22)14-4-3-5-16(8-14)23-10-15-11-24-13(2)20-15/h3-5,8,11-12,17,19H,6-7,9-10H2,1-2H3,(H,21,22). The van der Waals surface area contributed by atoms with Crippen LogP contribution in [0.1, 0.15) is 34.4 Å². The van der Waals surface area contributed by atoms with Crippen LogP contribution < -0.4 is 15.4 Å². The van der Waals surface area contributed by atoms with Gasteiger partial charge in [0.15, 0.2) is 0 Å². The minimum absolute atomic E-state index is 0.0505. The largest absolute Gasteiger partial charge is 0.487 e. The van der Waals surface area contributed by atoms with E-state index in [2.05, 4.69) is 22.5 Å². The highest BCUT2D eigenvalue weighted by molar-refractivity contribution is 7.09. The predicted octanol–water partition coefficient (Wildman–Crippen LogP) is 2.76. The Morgan fingerprint density at radius 2 is 2.38 bits per heavy atom. The molecule has 1 aromatic heterocycles. The molecule has 6 heteroatoms. The number of carbonyl (C=O) groups excluding carboxylic acids is 1. The average molecular weight is 345 g/mol. The first kappa shape index (κ1) is 16.9. The van der Waals surface area contributed by atoms with E-state index in [1.165, 1.54) is 0 Å². The number of hydrogen-bond acceptors (Lipinski definition) is 5. The van der Waals surface area contributed by atoms with Crippen molar-refractivity contribution in [3.63, 3.8) is 0 Å². The maximum Gasteiger partial charge on any atom is 0.251 e. The quantitative estimate of drug-likeness (QED) is 0.875. The van der Waals surface area contributed by atoms with Crippen molar-refractivity contribution in [2.24, 2.45) is 5.92 Å². The molecule has 128 valence electrons. The number of hydrogen-bond donors (Lipinski definition) is 2. The Bertz CT molecular complexity index is 701. The summed E-state index contributed by atoms with van der Waals surface area (Å²) in [4.78, 5) is 16.9. The molecule has 2 unspecified atom stereocenters. The lowest BCUT2D eigenvalue weighted by atomic mass is 9.94. The van der Waals surface area contributed by atoms with Gasteiger partial charge in [0.25, 0.3) is 5.91 Å². The number of nitrogens with one attached hydrogen (secondary N) is 2. The molecule has 1 amide bonds. The highest BCUT2D eigenvalue weighted by Gasteiger charge is 2.23. The Labute approximate surface area is 146 Å². The van der Waals surface area contributed by atoms with Crippen molar-refractivity contribution in [3.8, 4) is 5.75 Å². The van der Waals surface area contributed by atoms with E-state index in [1.54, 1.807) is 17.4 Å². The second-order valence-electron chi connectivity index (χ2n) is 6.22. The lowest BCUT2D eigenvalue weighted by Crippen LogP contribution is -2.50. The highest BCUT2D eigenvalue weighted by Crippen LogP contribution is 2.17. The van der Waals surface area contributed by atoms with Crippen LogP contribution in [0.3, 0.4) is 0 Å². The summed E-state index contributed by atoms with van der Waals surface area (Å²) in [5, 5.41) is 9.46. The number of ether oxygens (including phenoxy) is 1. The number of thiazole rings is 1. The molecule has 1 saturated heterocycles. The molecule has 24 heavy (non-hydrogen) atoms. The number of benzene rings is 1. The Kier molecular flexibility index (Phi) is 5.48. The van der Waals surface area contributed by atoms with E-state index in [0.29, 0.717) is 23.8 Å². The summed E-state index contributed by atoms with van der Waals surface area (Å²) in [5.74, 6) is 1.12. The molecule has 0 aliphatic carbocycles. The fourth-order valence-corrected chi connectivity index (χ4v) is 3.39. The zero-order valence-electron chi connectivity index (χ0n) is 14.0. The molecule has 2 atom stereocenters. The predicted molar refractivity (Wildman–Crippen MR) is 95.5 cm³/mol. The number of piperidine rings is 1. The second-order valence-corrected chi connectivity index (χ2v) is 7.29. The molecule has 0 radical (unpaired) electrons. The van der Waals surface area contributed by atoms with Gasteiger partial charge in [-0.1, -0.05) is 13.0 Å². The van der Waals surface area contributed by atoms with Crippen LogP contribution in [0.25, 0.3) is 0 Å². The van der Waals surface area contributed by atoms with Crippen molar-refractivity contribution < 1.29 is 9.53 Å². The van der Waals surface area contributed by atoms with E-state index < -0.39 is 0 Å². The fraction of sp³-hybridized carbons (Fsp3) is 0.444. The molecule has 1 aliphatic rings. The van der Waals surface area contributed by atoms with E-state index in [9.17, 15) is 4.79 Å². The summed E-state index contributed by atoms with van der Waals surface area (Å²) < 4.78 is 5.76. The number of rotatable bonds is 5. The molecule has 2 N–H and O–H groups in total. The normalized spacial score (nSPS) is 20.6. The summed E-state index contributed by atoms with van der Waals surface area (Å²) >= 11 is 1.61. The molecule has 2 aromatic rings. The maximum absolute atomic E-state index is 12.5. The number of carbonyl (C=O) groups is 1. The SMILES string of the molecule is Cc1nc(COc2cccc(C(=O)NC3CNCCC3C)c2)cs1. The van der Waals surface area contributed by atoms with Gasteiger partial charge in [-0.25, -0.2) is 4.98 Å². The van der Waals surface area contributed by atoms with Crippen molar-refractivity contribution >= 4 is 17.2 Å². The van der Waals surface area contributed by atoms with Crippen LogP contribution in [0.2, 0.25) is 0 Å². The van der Waals surface area contributed by atoms with Gasteiger partial charge >= 0.3 is 0 Å². The van der Waals surface area contributed by atoms with Crippen molar-refractivity contribution in [3.05, 3.63) is 45.9 Å². The second kappa shape index (κ2) is 7.77. The van der Waals surface area contributed by atoms with Gasteiger partial charge < -0.3 is 15.4 Å². The first-order valence-corrected chi connectivity index (χ1v) is 9.15. The summed E-state index contributed by atoms with van der Waals surface area (Å²) in [7, 11) is 0. The third kappa shape index (κ3) is 4.33. The van der Waals surface area contributed by atoms with Crippen LogP contribution in [0.15, 0.2) is 29.6 Å². The van der Waals surface area contributed by atoms with Gasteiger partial charge in [0.2, 0.25) is 0 Å². The molecule has 5 nitrogen and oxygen atoms in total. The molecular formula is C18H23N3O2S. The Morgan fingerprint density at radius 1 is 1.50 bits per heavy atom. The van der Waals surface area contributed by atoms with Crippen LogP contribution in [-0.2, 0) is 6.61 Å². The van der Waals surface area contributed by atoms with Gasteiger partial charge in [-0.3, -0.25) is 4.79 Å². The molecule has 1 aliphatic heterocycles. The van der Waals surface area contributed by atoms with E-state index in [4.69, 9.17) is 4.74 Å². The van der Waals surface area contributed by atoms with Gasteiger partial charge in [0, 0.05) is 23.5 Å². The molecule has 1 fully saturated rings. The summed E-state index contributed by atoms with van der Waals surface area (Å²) in [5.41, 5.74) is 1.54. The van der Waals surface area contributed by atoms with Crippen LogP contribution in [0.5, 0.6) is 5.75 Å². The number of aryl methyl sites for hydroxylation is 1. The van der Waals surface area contributed by atoms with E-state index in [1.807, 2.05) is 30.5 Å². The summed E-state index contributed by atoms with van der Waals surface area (Å²) in [6.45, 7) is 6.42. The summed E-state index contributed by atoms with van der Waals surface area (Å²) in [6, 6.07) is 7.49. The van der Waals surface area contributed by atoms with Gasteiger partial charge in [0.1, 0.15) is 12.4 Å². The Balaban J connectivity index is 1.60. The average Bonchev–Trinajstić information content (AvgIpc) is 3.01. The van der Waals surface area contributed by atoms with Crippen molar-refractivity contribution in [1.82, 2.24) is 15.6 Å². The van der Waals surface area contributed by atoms with Crippen LogP contribution in [0, 0.1) is 12.8 Å². The topological polar surface area (TPSA) is 63.2 Å². The van der Waals surface area contributed by atoms with Crippen molar-refractivity contribution in [1.29, 1.82) is 0 Å². The minimum Gasteiger partial charge on any atom is -0.487 e. The van der Waals surface area contributed by atoms with E-state index in [0.717, 1.165) is 30.2 Å². The number of aromatic nitrogens is 1. The monoisotopic (exact) mass is 345 g/mol. The molecule has 0 bridgehead atoms. The Hall–Kier alpha value is -1.92. The zero-order chi connectivity index (χ0) is 16.9. The Morgan fingerprint density at radius 3 is 3.12 bits per heavy atom. The van der Waals surface area contributed by atoms with Crippen LogP contribution in [0.4, 0.5) is 0 Å². The first-order valence-electron chi connectivity index (χ1n) is 8.27. The van der Waals surface area contributed by atoms with Crippen molar-refractivity contribution in [2.45, 2.75) is 32.9 Å². The molecule has 0 saturated carbocycles. The van der Waals surface area contributed by atoms with E-state index >= 15 is 0 Å². The zero-order valence-corrected chi connectivity index (χ0v) is 14.9. The van der Waals surface area contributed by atoms with Gasteiger partial charge in [-0.2, -0.15) is 0 Å². The molecule has 1 aromatic carbocycles. The molecule has 0 spiro atoms.